The summed E-state index contributed by atoms with van der Waals surface area (Å²) in [5, 5.41) is 9.21. The number of carbonyl (C=O) groups excluding carboxylic acids is 2. The number of amides is 2. The molecule has 0 unspecified atom stereocenters. The molecule has 2 amide bonds. The van der Waals surface area contributed by atoms with Crippen molar-refractivity contribution in [3.05, 3.63) is 17.0 Å². The van der Waals surface area contributed by atoms with E-state index < -0.39 is 9.84 Å². The Balaban J connectivity index is 1.63. The third-order valence-corrected chi connectivity index (χ3v) is 5.82. The van der Waals surface area contributed by atoms with E-state index in [0.29, 0.717) is 25.0 Å². The molecule has 2 heterocycles. The number of nitrogens with one attached hydrogen (secondary N) is 2. The van der Waals surface area contributed by atoms with Crippen molar-refractivity contribution in [1.82, 2.24) is 15.8 Å². The topological polar surface area (TPSA) is 118 Å². The molecular weight excluding hydrogens is 334 g/mol. The maximum atomic E-state index is 11.8. The van der Waals surface area contributed by atoms with Crippen LogP contribution in [-0.2, 0) is 25.8 Å². The molecule has 1 saturated heterocycles. The summed E-state index contributed by atoms with van der Waals surface area (Å²) >= 11 is 0. The molecule has 1 aromatic heterocycles. The fourth-order valence-corrected chi connectivity index (χ4v) is 4.38. The van der Waals surface area contributed by atoms with Crippen LogP contribution < -0.4 is 10.6 Å². The Morgan fingerprint density at radius 1 is 1.25 bits per heavy atom. The average molecular weight is 357 g/mol. The molecule has 0 saturated carbocycles. The summed E-state index contributed by atoms with van der Waals surface area (Å²) in [6.45, 7) is 3.86. The molecule has 134 valence electrons. The van der Waals surface area contributed by atoms with Crippen molar-refractivity contribution < 1.29 is 22.5 Å². The van der Waals surface area contributed by atoms with Crippen molar-refractivity contribution >= 4 is 21.7 Å². The third-order valence-electron chi connectivity index (χ3n) is 4.06. The molecule has 1 aliphatic rings. The number of aromatic nitrogens is 1. The summed E-state index contributed by atoms with van der Waals surface area (Å²) in [5.74, 6) is 0.444. The summed E-state index contributed by atoms with van der Waals surface area (Å²) in [7, 11) is -3.01. The molecule has 24 heavy (non-hydrogen) atoms. The van der Waals surface area contributed by atoms with Gasteiger partial charge in [0, 0.05) is 31.0 Å². The number of rotatable bonds is 7. The normalized spacial score (nSPS) is 19.2. The van der Waals surface area contributed by atoms with Crippen LogP contribution in [0.1, 0.15) is 36.3 Å². The van der Waals surface area contributed by atoms with Crippen LogP contribution in [-0.4, -0.2) is 49.5 Å². The van der Waals surface area contributed by atoms with Gasteiger partial charge in [-0.25, -0.2) is 8.42 Å². The molecule has 1 fully saturated rings. The van der Waals surface area contributed by atoms with Crippen molar-refractivity contribution in [2.75, 3.05) is 18.1 Å². The van der Waals surface area contributed by atoms with Crippen LogP contribution in [0.4, 0.5) is 0 Å². The van der Waals surface area contributed by atoms with Gasteiger partial charge in [0.05, 0.1) is 17.2 Å². The Bertz CT molecular complexity index is 691. The predicted molar refractivity (Wildman–Crippen MR) is 87.1 cm³/mol. The maximum Gasteiger partial charge on any atom is 0.222 e. The van der Waals surface area contributed by atoms with E-state index in [0.717, 1.165) is 11.3 Å². The molecule has 8 nitrogen and oxygen atoms in total. The number of sulfone groups is 1. The lowest BCUT2D eigenvalue weighted by Crippen LogP contribution is -2.37. The first-order chi connectivity index (χ1) is 11.3. The van der Waals surface area contributed by atoms with Gasteiger partial charge in [-0.05, 0) is 26.7 Å². The predicted octanol–water partition coefficient (Wildman–Crippen LogP) is 0.0336. The zero-order chi connectivity index (χ0) is 17.7. The highest BCUT2D eigenvalue weighted by Crippen LogP contribution is 2.14. The number of hydrogen-bond acceptors (Lipinski definition) is 6. The molecule has 0 aromatic carbocycles. The molecule has 1 aliphatic heterocycles. The lowest BCUT2D eigenvalue weighted by molar-refractivity contribution is -0.122. The van der Waals surface area contributed by atoms with E-state index in [2.05, 4.69) is 15.8 Å². The molecular formula is C15H23N3O5S. The van der Waals surface area contributed by atoms with Crippen molar-refractivity contribution in [3.63, 3.8) is 0 Å². The van der Waals surface area contributed by atoms with E-state index in [1.807, 2.05) is 6.92 Å². The minimum absolute atomic E-state index is 0.00252. The number of carbonyl (C=O) groups is 2. The van der Waals surface area contributed by atoms with E-state index in [-0.39, 0.29) is 42.3 Å². The van der Waals surface area contributed by atoms with Gasteiger partial charge >= 0.3 is 0 Å². The van der Waals surface area contributed by atoms with Crippen LogP contribution in [0.15, 0.2) is 4.52 Å². The highest BCUT2D eigenvalue weighted by Gasteiger charge is 2.28. The minimum atomic E-state index is -3.01. The molecule has 1 aromatic rings. The van der Waals surface area contributed by atoms with Gasteiger partial charge in [0.2, 0.25) is 11.8 Å². The summed E-state index contributed by atoms with van der Waals surface area (Å²) in [6.07, 6.45) is 1.43. The molecule has 0 bridgehead atoms. The molecule has 9 heteroatoms. The van der Waals surface area contributed by atoms with E-state index in [1.54, 1.807) is 6.92 Å². The Hall–Kier alpha value is -1.90. The first-order valence-electron chi connectivity index (χ1n) is 7.95. The van der Waals surface area contributed by atoms with Crippen LogP contribution in [0, 0.1) is 13.8 Å². The lowest BCUT2D eigenvalue weighted by atomic mass is 10.1. The first-order valence-corrected chi connectivity index (χ1v) is 9.77. The summed E-state index contributed by atoms with van der Waals surface area (Å²) in [6, 6.07) is -0.308. The second-order valence-electron chi connectivity index (χ2n) is 6.07. The second kappa shape index (κ2) is 7.78. The Morgan fingerprint density at radius 3 is 2.58 bits per heavy atom. The van der Waals surface area contributed by atoms with Gasteiger partial charge in [-0.1, -0.05) is 5.16 Å². The fourth-order valence-electron chi connectivity index (χ4n) is 2.71. The first kappa shape index (κ1) is 18.4. The van der Waals surface area contributed by atoms with Crippen molar-refractivity contribution in [2.24, 2.45) is 0 Å². The van der Waals surface area contributed by atoms with Crippen LogP contribution in [0.5, 0.6) is 0 Å². The Labute approximate surface area is 141 Å². The quantitative estimate of drug-likeness (QED) is 0.711. The molecule has 2 rings (SSSR count). The summed E-state index contributed by atoms with van der Waals surface area (Å²) in [4.78, 5) is 23.5. The zero-order valence-electron chi connectivity index (χ0n) is 13.9. The number of nitrogens with zero attached hydrogens (tertiary/aromatic N) is 1. The monoisotopic (exact) mass is 357 g/mol. The Kier molecular flexibility index (Phi) is 5.98. The highest BCUT2D eigenvalue weighted by atomic mass is 32.2. The Morgan fingerprint density at radius 2 is 2.00 bits per heavy atom. The van der Waals surface area contributed by atoms with Crippen LogP contribution in [0.3, 0.4) is 0 Å². The van der Waals surface area contributed by atoms with Gasteiger partial charge in [0.15, 0.2) is 9.84 Å². The van der Waals surface area contributed by atoms with E-state index >= 15 is 0 Å². The molecule has 1 atom stereocenters. The summed E-state index contributed by atoms with van der Waals surface area (Å²) < 4.78 is 27.7. The second-order valence-corrected chi connectivity index (χ2v) is 8.30. The van der Waals surface area contributed by atoms with Crippen LogP contribution in [0.2, 0.25) is 0 Å². The van der Waals surface area contributed by atoms with E-state index in [4.69, 9.17) is 4.52 Å². The van der Waals surface area contributed by atoms with Gasteiger partial charge in [-0.15, -0.1) is 0 Å². The average Bonchev–Trinajstić information content (AvgIpc) is 2.99. The van der Waals surface area contributed by atoms with Gasteiger partial charge in [-0.3, -0.25) is 9.59 Å². The number of aryl methyl sites for hydroxylation is 2. The smallest absolute Gasteiger partial charge is 0.222 e. The largest absolute Gasteiger partial charge is 0.361 e. The van der Waals surface area contributed by atoms with Gasteiger partial charge in [0.25, 0.3) is 0 Å². The SMILES string of the molecule is Cc1noc(C)c1CCC(=O)NCCC(=O)N[C@@H]1CCS(=O)(=O)C1. The summed E-state index contributed by atoms with van der Waals surface area (Å²) in [5.41, 5.74) is 1.72. The zero-order valence-corrected chi connectivity index (χ0v) is 14.7. The van der Waals surface area contributed by atoms with Gasteiger partial charge in [-0.2, -0.15) is 0 Å². The molecule has 0 spiro atoms. The number of hydrogen-bond donors (Lipinski definition) is 2. The molecule has 0 radical (unpaired) electrons. The molecule has 2 N–H and O–H groups in total. The van der Waals surface area contributed by atoms with Crippen molar-refractivity contribution in [1.29, 1.82) is 0 Å². The van der Waals surface area contributed by atoms with Gasteiger partial charge in [0.1, 0.15) is 5.76 Å². The van der Waals surface area contributed by atoms with Crippen molar-refractivity contribution in [3.8, 4) is 0 Å². The highest BCUT2D eigenvalue weighted by molar-refractivity contribution is 7.91. The van der Waals surface area contributed by atoms with Crippen molar-refractivity contribution in [2.45, 2.75) is 45.6 Å². The lowest BCUT2D eigenvalue weighted by Gasteiger charge is -2.11. The maximum absolute atomic E-state index is 11.8. The van der Waals surface area contributed by atoms with Crippen LogP contribution in [0.25, 0.3) is 0 Å². The van der Waals surface area contributed by atoms with Gasteiger partial charge < -0.3 is 15.2 Å². The molecule has 0 aliphatic carbocycles. The standard InChI is InChI=1S/C15H23N3O5S/c1-10-13(11(2)23-18-10)3-4-14(19)16-7-5-15(20)17-12-6-8-24(21,22)9-12/h12H,3-9H2,1-2H3,(H,16,19)(H,17,20)/t12-/m1/s1. The minimum Gasteiger partial charge on any atom is -0.361 e. The third kappa shape index (κ3) is 5.33. The fraction of sp³-hybridized carbons (Fsp3) is 0.667. The van der Waals surface area contributed by atoms with Crippen LogP contribution >= 0.6 is 0 Å². The van der Waals surface area contributed by atoms with E-state index in [1.165, 1.54) is 0 Å². The van der Waals surface area contributed by atoms with E-state index in [9.17, 15) is 18.0 Å².